The molecule has 4 rings (SSSR count). The maximum absolute atomic E-state index is 13.0. The van der Waals surface area contributed by atoms with Gasteiger partial charge in [0.05, 0.1) is 11.9 Å². The predicted molar refractivity (Wildman–Crippen MR) is 114 cm³/mol. The van der Waals surface area contributed by atoms with Crippen molar-refractivity contribution in [2.75, 3.05) is 5.73 Å². The fraction of sp³-hybridized carbons (Fsp3) is 0.174. The molecule has 0 bridgehead atoms. The van der Waals surface area contributed by atoms with Gasteiger partial charge in [-0.1, -0.05) is 24.8 Å². The van der Waals surface area contributed by atoms with E-state index < -0.39 is 0 Å². The van der Waals surface area contributed by atoms with E-state index in [1.807, 2.05) is 13.0 Å². The number of amides is 1. The van der Waals surface area contributed by atoms with Crippen molar-refractivity contribution in [3.63, 3.8) is 0 Å². The molecule has 1 aliphatic rings. The Balaban J connectivity index is 1.66. The van der Waals surface area contributed by atoms with Crippen LogP contribution in [0.3, 0.4) is 0 Å². The monoisotopic (exact) mass is 402 g/mol. The van der Waals surface area contributed by atoms with Gasteiger partial charge in [0.15, 0.2) is 5.69 Å². The third kappa shape index (κ3) is 3.82. The first-order valence-corrected chi connectivity index (χ1v) is 9.65. The first-order valence-electron chi connectivity index (χ1n) is 9.65. The normalized spacial score (nSPS) is 13.0. The number of ether oxygens (including phenoxy) is 1. The number of benzene rings is 2. The Bertz CT molecular complexity index is 1150. The van der Waals surface area contributed by atoms with E-state index in [1.165, 1.54) is 12.6 Å². The molecule has 3 aromatic rings. The lowest BCUT2D eigenvalue weighted by Gasteiger charge is -2.12. The van der Waals surface area contributed by atoms with Crippen LogP contribution in [0.25, 0.3) is 5.69 Å². The molecule has 0 aliphatic heterocycles. The third-order valence-corrected chi connectivity index (χ3v) is 4.98. The molecule has 0 unspecified atom stereocenters. The van der Waals surface area contributed by atoms with E-state index in [-0.39, 0.29) is 29.2 Å². The number of hydrogen-bond acceptors (Lipinski definition) is 5. The topological polar surface area (TPSA) is 99.2 Å². The van der Waals surface area contributed by atoms with Crippen molar-refractivity contribution in [3.05, 3.63) is 84.0 Å². The Morgan fingerprint density at radius 2 is 2.03 bits per heavy atom. The Morgan fingerprint density at radius 3 is 2.77 bits per heavy atom. The van der Waals surface area contributed by atoms with Gasteiger partial charge in [-0.3, -0.25) is 14.2 Å². The summed E-state index contributed by atoms with van der Waals surface area (Å²) in [5, 5.41) is 2.98. The van der Waals surface area contributed by atoms with E-state index in [9.17, 15) is 9.59 Å². The van der Waals surface area contributed by atoms with Gasteiger partial charge in [-0.05, 0) is 49.6 Å². The predicted octanol–water partition coefficient (Wildman–Crippen LogP) is 3.41. The summed E-state index contributed by atoms with van der Waals surface area (Å²) in [5.74, 6) is 0.269. The molecular weight excluding hydrogens is 380 g/mol. The van der Waals surface area contributed by atoms with Crippen LogP contribution >= 0.6 is 0 Å². The third-order valence-electron chi connectivity index (χ3n) is 4.98. The van der Waals surface area contributed by atoms with Gasteiger partial charge in [-0.2, -0.15) is 0 Å². The van der Waals surface area contributed by atoms with Crippen LogP contribution in [0.5, 0.6) is 5.75 Å². The molecule has 3 N–H and O–H groups in total. The Hall–Kier alpha value is -3.87. The lowest BCUT2D eigenvalue weighted by Crippen LogP contribution is -2.25. The maximum atomic E-state index is 13.0. The highest BCUT2D eigenvalue weighted by Crippen LogP contribution is 2.25. The molecule has 1 aromatic heterocycles. The van der Waals surface area contributed by atoms with E-state index in [0.717, 1.165) is 18.4 Å². The number of nitrogens with one attached hydrogen (secondary N) is 1. The summed E-state index contributed by atoms with van der Waals surface area (Å²) in [6.45, 7) is 5.43. The average molecular weight is 402 g/mol. The average Bonchev–Trinajstić information content (AvgIpc) is 3.48. The van der Waals surface area contributed by atoms with Gasteiger partial charge in [-0.25, -0.2) is 4.98 Å². The fourth-order valence-electron chi connectivity index (χ4n) is 3.17. The molecule has 2 aromatic carbocycles. The van der Waals surface area contributed by atoms with Crippen LogP contribution in [-0.4, -0.2) is 27.3 Å². The molecular formula is C23H22N4O3. The Kier molecular flexibility index (Phi) is 5.10. The van der Waals surface area contributed by atoms with Gasteiger partial charge in [-0.15, -0.1) is 0 Å². The van der Waals surface area contributed by atoms with Gasteiger partial charge < -0.3 is 15.8 Å². The first kappa shape index (κ1) is 19.4. The quantitative estimate of drug-likeness (QED) is 0.466. The summed E-state index contributed by atoms with van der Waals surface area (Å²) in [6.07, 6.45) is 4.83. The van der Waals surface area contributed by atoms with Gasteiger partial charge in [0, 0.05) is 17.2 Å². The van der Waals surface area contributed by atoms with E-state index in [4.69, 9.17) is 10.5 Å². The van der Waals surface area contributed by atoms with E-state index in [2.05, 4.69) is 16.9 Å². The largest absolute Gasteiger partial charge is 0.466 e. The number of carbonyl (C=O) groups excluding carboxylic acids is 2. The lowest BCUT2D eigenvalue weighted by atomic mass is 10.1. The number of hydrogen-bond donors (Lipinski definition) is 2. The number of rotatable bonds is 7. The van der Waals surface area contributed by atoms with Crippen LogP contribution in [0.4, 0.5) is 5.82 Å². The van der Waals surface area contributed by atoms with Gasteiger partial charge in [0.25, 0.3) is 5.91 Å². The maximum Gasteiger partial charge on any atom is 0.251 e. The van der Waals surface area contributed by atoms with Crippen LogP contribution in [0.2, 0.25) is 0 Å². The number of nitrogens with zero attached hydrogens (tertiary/aromatic N) is 2. The van der Waals surface area contributed by atoms with Crippen LogP contribution in [0.15, 0.2) is 61.6 Å². The number of nitrogen functional groups attached to an aromatic ring is 1. The van der Waals surface area contributed by atoms with Crippen LogP contribution in [-0.2, 0) is 0 Å². The second kappa shape index (κ2) is 7.87. The zero-order chi connectivity index (χ0) is 21.3. The van der Waals surface area contributed by atoms with E-state index in [1.54, 1.807) is 41.0 Å². The van der Waals surface area contributed by atoms with Crippen molar-refractivity contribution in [2.45, 2.75) is 25.8 Å². The van der Waals surface area contributed by atoms with E-state index in [0.29, 0.717) is 22.6 Å². The minimum absolute atomic E-state index is 0.118. The molecule has 0 spiro atoms. The van der Waals surface area contributed by atoms with Gasteiger partial charge >= 0.3 is 0 Å². The minimum Gasteiger partial charge on any atom is -0.466 e. The van der Waals surface area contributed by atoms with Crippen molar-refractivity contribution in [3.8, 4) is 11.4 Å². The second-order valence-electron chi connectivity index (χ2n) is 7.24. The fourth-order valence-corrected chi connectivity index (χ4v) is 3.17. The van der Waals surface area contributed by atoms with Crippen molar-refractivity contribution >= 4 is 17.5 Å². The Labute approximate surface area is 174 Å². The molecule has 1 heterocycles. The highest BCUT2D eigenvalue weighted by atomic mass is 16.5. The molecule has 152 valence electrons. The SMILES string of the molecule is C=COc1cccc(C(=O)c2ncn(-c3cc(C(=O)NC4CC4)ccc3C)c2N)c1. The highest BCUT2D eigenvalue weighted by Gasteiger charge is 2.24. The van der Waals surface area contributed by atoms with Gasteiger partial charge in [0.1, 0.15) is 17.9 Å². The molecule has 0 atom stereocenters. The Morgan fingerprint density at radius 1 is 1.23 bits per heavy atom. The smallest absolute Gasteiger partial charge is 0.251 e. The molecule has 0 radical (unpaired) electrons. The molecule has 1 aliphatic carbocycles. The molecule has 0 saturated heterocycles. The number of imidazole rings is 1. The molecule has 1 fully saturated rings. The lowest BCUT2D eigenvalue weighted by molar-refractivity contribution is 0.0950. The summed E-state index contributed by atoms with van der Waals surface area (Å²) >= 11 is 0. The summed E-state index contributed by atoms with van der Waals surface area (Å²) in [5.41, 5.74) is 8.97. The van der Waals surface area contributed by atoms with Crippen LogP contribution < -0.4 is 15.8 Å². The molecule has 1 saturated carbocycles. The number of nitrogens with two attached hydrogens (primary N) is 1. The van der Waals surface area contributed by atoms with Crippen molar-refractivity contribution in [1.82, 2.24) is 14.9 Å². The van der Waals surface area contributed by atoms with Crippen molar-refractivity contribution in [2.24, 2.45) is 0 Å². The number of carbonyl (C=O) groups is 2. The minimum atomic E-state index is -0.318. The summed E-state index contributed by atoms with van der Waals surface area (Å²) < 4.78 is 6.86. The highest BCUT2D eigenvalue weighted by molar-refractivity contribution is 6.10. The zero-order valence-electron chi connectivity index (χ0n) is 16.6. The summed E-state index contributed by atoms with van der Waals surface area (Å²) in [7, 11) is 0. The van der Waals surface area contributed by atoms with Gasteiger partial charge in [0.2, 0.25) is 5.78 Å². The van der Waals surface area contributed by atoms with Crippen molar-refractivity contribution < 1.29 is 14.3 Å². The number of aromatic nitrogens is 2. The second-order valence-corrected chi connectivity index (χ2v) is 7.24. The number of anilines is 1. The van der Waals surface area contributed by atoms with Crippen LogP contribution in [0, 0.1) is 6.92 Å². The number of aryl methyl sites for hydroxylation is 1. The molecule has 7 nitrogen and oxygen atoms in total. The molecule has 7 heteroatoms. The summed E-state index contributed by atoms with van der Waals surface area (Å²) in [4.78, 5) is 29.6. The number of ketones is 1. The molecule has 30 heavy (non-hydrogen) atoms. The standard InChI is InChI=1S/C23H22N4O3/c1-3-30-18-6-4-5-15(11-18)21(28)20-22(24)27(13-25-20)19-12-16(8-7-14(19)2)23(29)26-17-9-10-17/h3-8,11-13,17H,1,9-10,24H2,2H3,(H,26,29). The van der Waals surface area contributed by atoms with Crippen molar-refractivity contribution in [1.29, 1.82) is 0 Å². The first-order chi connectivity index (χ1) is 14.5. The zero-order valence-corrected chi connectivity index (χ0v) is 16.6. The summed E-state index contributed by atoms with van der Waals surface area (Å²) in [6, 6.07) is 12.4. The van der Waals surface area contributed by atoms with Crippen LogP contribution in [0.1, 0.15) is 44.8 Å². The molecule has 1 amide bonds. The van der Waals surface area contributed by atoms with E-state index >= 15 is 0 Å².